The molecule has 0 bridgehead atoms. The molecule has 140 valence electrons. The lowest BCUT2D eigenvalue weighted by Gasteiger charge is -2.27. The van der Waals surface area contributed by atoms with Gasteiger partial charge < -0.3 is 16.4 Å². The maximum atomic E-state index is 6.26. The van der Waals surface area contributed by atoms with E-state index in [0.29, 0.717) is 35.2 Å². The summed E-state index contributed by atoms with van der Waals surface area (Å²) in [7, 11) is 0. The highest BCUT2D eigenvalue weighted by Crippen LogP contribution is 2.29. The average Bonchev–Trinajstić information content (AvgIpc) is 2.68. The molecule has 1 fully saturated rings. The fraction of sp³-hybridized carbons (Fsp3) is 0.474. The Bertz CT molecular complexity index is 719. The van der Waals surface area contributed by atoms with Crippen LogP contribution in [-0.4, -0.2) is 23.1 Å². The van der Waals surface area contributed by atoms with E-state index >= 15 is 0 Å². The molecule has 3 rings (SSSR count). The van der Waals surface area contributed by atoms with Gasteiger partial charge in [-0.2, -0.15) is 4.98 Å². The maximum absolute atomic E-state index is 6.26. The Kier molecular flexibility index (Phi) is 7.11. The van der Waals surface area contributed by atoms with Crippen molar-refractivity contribution in [2.45, 2.75) is 32.2 Å². The van der Waals surface area contributed by atoms with Crippen LogP contribution in [0.4, 0.5) is 11.8 Å². The van der Waals surface area contributed by atoms with Crippen molar-refractivity contribution < 1.29 is 0 Å². The minimum atomic E-state index is 0.548. The van der Waals surface area contributed by atoms with Crippen LogP contribution in [0.1, 0.15) is 31.2 Å². The summed E-state index contributed by atoms with van der Waals surface area (Å²) in [5.74, 6) is 2.61. The second-order valence-electron chi connectivity index (χ2n) is 6.84. The summed E-state index contributed by atoms with van der Waals surface area (Å²) in [6, 6.07) is 8.09. The highest BCUT2D eigenvalue weighted by molar-refractivity contribution is 9.10. The molecule has 1 aromatic carbocycles. The lowest BCUT2D eigenvalue weighted by atomic mass is 9.82. The highest BCUT2D eigenvalue weighted by Gasteiger charge is 2.20. The van der Waals surface area contributed by atoms with E-state index < -0.39 is 0 Å². The first-order chi connectivity index (χ1) is 12.7. The van der Waals surface area contributed by atoms with Gasteiger partial charge in [-0.1, -0.05) is 45.7 Å². The zero-order valence-corrected chi connectivity index (χ0v) is 17.1. The van der Waals surface area contributed by atoms with Gasteiger partial charge in [-0.05, 0) is 55.7 Å². The number of aromatic nitrogens is 2. The molecule has 0 unspecified atom stereocenters. The molecule has 1 aliphatic carbocycles. The quantitative estimate of drug-likeness (QED) is 0.585. The van der Waals surface area contributed by atoms with Crippen LogP contribution in [0.2, 0.25) is 5.02 Å². The van der Waals surface area contributed by atoms with Gasteiger partial charge in [0.05, 0.1) is 6.20 Å². The molecule has 0 amide bonds. The van der Waals surface area contributed by atoms with Gasteiger partial charge in [0.2, 0.25) is 5.95 Å². The number of nitrogens with zero attached hydrogens (tertiary/aromatic N) is 2. The number of halogens is 2. The van der Waals surface area contributed by atoms with Crippen LogP contribution in [0.3, 0.4) is 0 Å². The minimum Gasteiger partial charge on any atom is -0.368 e. The Balaban J connectivity index is 1.55. The van der Waals surface area contributed by atoms with Crippen molar-refractivity contribution in [3.8, 4) is 0 Å². The molecule has 2 aromatic rings. The SMILES string of the molecule is NCC1CCC(CNc2nc(NCc3ccccc3Br)ncc2Cl)CC1. The van der Waals surface area contributed by atoms with Gasteiger partial charge >= 0.3 is 0 Å². The molecular weight excluding hydrogens is 414 g/mol. The van der Waals surface area contributed by atoms with Gasteiger partial charge in [0.15, 0.2) is 0 Å². The fourth-order valence-corrected chi connectivity index (χ4v) is 3.89. The van der Waals surface area contributed by atoms with Crippen LogP contribution in [0, 0.1) is 11.8 Å². The molecule has 1 heterocycles. The van der Waals surface area contributed by atoms with Gasteiger partial charge in [-0.25, -0.2) is 4.98 Å². The number of nitrogens with one attached hydrogen (secondary N) is 2. The summed E-state index contributed by atoms with van der Waals surface area (Å²) < 4.78 is 1.06. The number of anilines is 2. The van der Waals surface area contributed by atoms with Gasteiger partial charge in [-0.15, -0.1) is 0 Å². The summed E-state index contributed by atoms with van der Waals surface area (Å²) in [5.41, 5.74) is 6.92. The second kappa shape index (κ2) is 9.53. The standard InChI is InChI=1S/C19H25BrClN5/c20-16-4-2-1-3-15(16)11-24-19-25-12-17(21)18(26-19)23-10-14-7-5-13(9-22)6-8-14/h1-4,12-14H,5-11,22H2,(H2,23,24,25,26). The van der Waals surface area contributed by atoms with E-state index in [2.05, 4.69) is 42.6 Å². The predicted octanol–water partition coefficient (Wildman–Crippen LogP) is 4.68. The van der Waals surface area contributed by atoms with Crippen LogP contribution >= 0.6 is 27.5 Å². The Morgan fingerprint density at radius 1 is 1.12 bits per heavy atom. The third kappa shape index (κ3) is 5.32. The number of nitrogens with two attached hydrogens (primary N) is 1. The Morgan fingerprint density at radius 3 is 2.58 bits per heavy atom. The molecule has 0 atom stereocenters. The van der Waals surface area contributed by atoms with E-state index in [0.717, 1.165) is 23.1 Å². The predicted molar refractivity (Wildman–Crippen MR) is 112 cm³/mol. The first-order valence-electron chi connectivity index (χ1n) is 9.09. The first-order valence-corrected chi connectivity index (χ1v) is 10.3. The van der Waals surface area contributed by atoms with Crippen molar-refractivity contribution in [3.63, 3.8) is 0 Å². The van der Waals surface area contributed by atoms with Crippen molar-refractivity contribution in [2.75, 3.05) is 23.7 Å². The monoisotopic (exact) mass is 437 g/mol. The van der Waals surface area contributed by atoms with E-state index in [1.807, 2.05) is 18.2 Å². The molecule has 26 heavy (non-hydrogen) atoms. The Hall–Kier alpha value is -1.37. The van der Waals surface area contributed by atoms with Crippen LogP contribution in [0.5, 0.6) is 0 Å². The van der Waals surface area contributed by atoms with Crippen molar-refractivity contribution in [1.82, 2.24) is 9.97 Å². The van der Waals surface area contributed by atoms with Gasteiger partial charge in [0, 0.05) is 17.6 Å². The van der Waals surface area contributed by atoms with Crippen LogP contribution in [0.15, 0.2) is 34.9 Å². The molecule has 7 heteroatoms. The zero-order valence-electron chi connectivity index (χ0n) is 14.7. The van der Waals surface area contributed by atoms with E-state index in [1.165, 1.54) is 25.7 Å². The number of benzene rings is 1. The van der Waals surface area contributed by atoms with Crippen LogP contribution in [-0.2, 0) is 6.54 Å². The molecule has 5 nitrogen and oxygen atoms in total. The molecule has 1 aliphatic rings. The molecule has 0 saturated heterocycles. The number of hydrogen-bond acceptors (Lipinski definition) is 5. The fourth-order valence-electron chi connectivity index (χ4n) is 3.30. The summed E-state index contributed by atoms with van der Waals surface area (Å²) >= 11 is 9.81. The third-order valence-electron chi connectivity index (χ3n) is 5.00. The maximum Gasteiger partial charge on any atom is 0.224 e. The van der Waals surface area contributed by atoms with E-state index in [-0.39, 0.29) is 0 Å². The van der Waals surface area contributed by atoms with Gasteiger partial charge in [0.1, 0.15) is 10.8 Å². The summed E-state index contributed by atoms with van der Waals surface area (Å²) in [5, 5.41) is 7.21. The molecule has 0 spiro atoms. The number of hydrogen-bond donors (Lipinski definition) is 3. The van der Waals surface area contributed by atoms with E-state index in [9.17, 15) is 0 Å². The van der Waals surface area contributed by atoms with Crippen molar-refractivity contribution >= 4 is 39.3 Å². The van der Waals surface area contributed by atoms with Crippen LogP contribution < -0.4 is 16.4 Å². The van der Waals surface area contributed by atoms with Crippen molar-refractivity contribution in [2.24, 2.45) is 17.6 Å². The van der Waals surface area contributed by atoms with Crippen molar-refractivity contribution in [1.29, 1.82) is 0 Å². The third-order valence-corrected chi connectivity index (χ3v) is 6.05. The lowest BCUT2D eigenvalue weighted by molar-refractivity contribution is 0.289. The van der Waals surface area contributed by atoms with Crippen molar-refractivity contribution in [3.05, 3.63) is 45.5 Å². The molecule has 0 radical (unpaired) electrons. The van der Waals surface area contributed by atoms with Gasteiger partial charge in [0.25, 0.3) is 0 Å². The largest absolute Gasteiger partial charge is 0.368 e. The van der Waals surface area contributed by atoms with E-state index in [1.54, 1.807) is 6.20 Å². The average molecular weight is 439 g/mol. The minimum absolute atomic E-state index is 0.548. The highest BCUT2D eigenvalue weighted by atomic mass is 79.9. The normalized spacial score (nSPS) is 20.0. The van der Waals surface area contributed by atoms with E-state index in [4.69, 9.17) is 17.3 Å². The second-order valence-corrected chi connectivity index (χ2v) is 8.10. The Labute approximate surface area is 168 Å². The summed E-state index contributed by atoms with van der Waals surface area (Å²) in [6.45, 7) is 2.34. The number of rotatable bonds is 7. The molecular formula is C19H25BrClN5. The first kappa shape index (κ1) is 19.4. The smallest absolute Gasteiger partial charge is 0.224 e. The molecule has 1 saturated carbocycles. The summed E-state index contributed by atoms with van der Waals surface area (Å²) in [4.78, 5) is 8.81. The topological polar surface area (TPSA) is 75.9 Å². The summed E-state index contributed by atoms with van der Waals surface area (Å²) in [6.07, 6.45) is 6.51. The van der Waals surface area contributed by atoms with Crippen LogP contribution in [0.25, 0.3) is 0 Å². The molecule has 4 N–H and O–H groups in total. The lowest BCUT2D eigenvalue weighted by Crippen LogP contribution is -2.25. The van der Waals surface area contributed by atoms with Gasteiger partial charge in [-0.3, -0.25) is 0 Å². The zero-order chi connectivity index (χ0) is 18.4. The molecule has 1 aromatic heterocycles. The molecule has 0 aliphatic heterocycles. The Morgan fingerprint density at radius 2 is 1.85 bits per heavy atom.